The van der Waals surface area contributed by atoms with Crippen LogP contribution in [0.2, 0.25) is 0 Å². The smallest absolute Gasteiger partial charge is 0.0541 e. The van der Waals surface area contributed by atoms with E-state index in [1.54, 1.807) is 0 Å². The Labute approximate surface area is 343 Å². The molecule has 2 nitrogen and oxygen atoms in total. The Morgan fingerprint density at radius 3 is 1.59 bits per heavy atom. The molecule has 0 radical (unpaired) electrons. The fraction of sp³-hybridized carbons (Fsp3) is 0. The lowest BCUT2D eigenvalue weighted by Gasteiger charge is -2.26. The zero-order valence-electron chi connectivity index (χ0n) is 31.3. The fourth-order valence-electron chi connectivity index (χ4n) is 8.86. The molecule has 4 heteroatoms. The third kappa shape index (κ3) is 5.37. The molecule has 0 N–H and O–H groups in total. The largest absolute Gasteiger partial charge is 0.310 e. The second kappa shape index (κ2) is 13.3. The van der Waals surface area contributed by atoms with Gasteiger partial charge in [-0.1, -0.05) is 109 Å². The molecule has 9 aromatic carbocycles. The molecule has 0 aliphatic heterocycles. The Bertz CT molecular complexity index is 3530. The van der Waals surface area contributed by atoms with Crippen LogP contribution in [0.3, 0.4) is 0 Å². The van der Waals surface area contributed by atoms with Crippen LogP contribution in [0.25, 0.3) is 90.1 Å². The van der Waals surface area contributed by atoms with Gasteiger partial charge in [0.25, 0.3) is 0 Å². The van der Waals surface area contributed by atoms with Gasteiger partial charge in [-0.05, 0) is 119 Å². The van der Waals surface area contributed by atoms with Gasteiger partial charge in [0.1, 0.15) is 0 Å². The summed E-state index contributed by atoms with van der Waals surface area (Å²) < 4.78 is 7.70. The van der Waals surface area contributed by atoms with Crippen LogP contribution in [0.1, 0.15) is 0 Å². The lowest BCUT2D eigenvalue weighted by molar-refractivity contribution is 1.19. The van der Waals surface area contributed by atoms with Gasteiger partial charge in [-0.15, -0.1) is 22.7 Å². The summed E-state index contributed by atoms with van der Waals surface area (Å²) >= 11 is 3.72. The van der Waals surface area contributed by atoms with Crippen molar-refractivity contribution in [2.75, 3.05) is 4.90 Å². The maximum absolute atomic E-state index is 2.43. The summed E-state index contributed by atoms with van der Waals surface area (Å²) in [4.78, 5) is 2.38. The zero-order chi connectivity index (χ0) is 38.2. The highest BCUT2D eigenvalue weighted by Gasteiger charge is 2.17. The highest BCUT2D eigenvalue weighted by Crippen LogP contribution is 2.43. The average molecular weight is 775 g/mol. The Morgan fingerprint density at radius 2 is 0.828 bits per heavy atom. The molecular formula is C54H34N2S2. The summed E-state index contributed by atoms with van der Waals surface area (Å²) in [5, 5.41) is 7.74. The molecule has 0 aliphatic rings. The number of benzene rings is 9. The first-order valence-electron chi connectivity index (χ1n) is 19.7. The van der Waals surface area contributed by atoms with Gasteiger partial charge in [0.05, 0.1) is 11.0 Å². The highest BCUT2D eigenvalue weighted by molar-refractivity contribution is 7.26. The Balaban J connectivity index is 0.946. The molecule has 0 aliphatic carbocycles. The van der Waals surface area contributed by atoms with E-state index >= 15 is 0 Å². The number of hydrogen-bond acceptors (Lipinski definition) is 3. The van der Waals surface area contributed by atoms with Crippen molar-refractivity contribution in [1.29, 1.82) is 0 Å². The molecule has 0 spiro atoms. The highest BCUT2D eigenvalue weighted by atomic mass is 32.1. The van der Waals surface area contributed by atoms with Crippen molar-refractivity contribution in [2.45, 2.75) is 0 Å². The maximum atomic E-state index is 2.43. The molecule has 0 unspecified atom stereocenters. The molecular weight excluding hydrogens is 741 g/mol. The molecule has 0 fully saturated rings. The number of thiophene rings is 2. The van der Waals surface area contributed by atoms with Crippen molar-refractivity contribution >= 4 is 102 Å². The predicted molar refractivity (Wildman–Crippen MR) is 252 cm³/mol. The molecule has 272 valence electrons. The number of para-hydroxylation sites is 2. The molecule has 0 saturated carbocycles. The average Bonchev–Trinajstić information content (AvgIpc) is 3.96. The van der Waals surface area contributed by atoms with E-state index < -0.39 is 0 Å². The van der Waals surface area contributed by atoms with Crippen molar-refractivity contribution in [3.63, 3.8) is 0 Å². The quantitative estimate of drug-likeness (QED) is 0.163. The van der Waals surface area contributed by atoms with E-state index in [1.165, 1.54) is 90.1 Å². The first-order chi connectivity index (χ1) is 28.7. The standard InChI is InChI=1S/C54H34N2S2/c1-2-15-39(16-3-1)55(41-25-28-53-47(33-41)44-19-5-8-22-51(44)57-53)40-17-11-14-37(31-40)35-12-10-13-36(30-35)38-24-27-50-46(32-38)43-18-4-7-21-49(43)56(50)42-26-29-54-48(34-42)45-20-6-9-23-52(45)58-54/h1-34H. The fourth-order valence-corrected chi connectivity index (χ4v) is 11.0. The monoisotopic (exact) mass is 774 g/mol. The maximum Gasteiger partial charge on any atom is 0.0541 e. The van der Waals surface area contributed by atoms with Gasteiger partial charge < -0.3 is 9.47 Å². The lowest BCUT2D eigenvalue weighted by atomic mass is 9.97. The molecule has 3 aromatic heterocycles. The Morgan fingerprint density at radius 1 is 0.293 bits per heavy atom. The molecule has 3 heterocycles. The summed E-state index contributed by atoms with van der Waals surface area (Å²) in [6, 6.07) is 75.7. The molecule has 12 aromatic rings. The molecule has 0 amide bonds. The SMILES string of the molecule is c1ccc(N(c2cccc(-c3cccc(-c4ccc5c(c4)c4ccccc4n5-c4ccc5sc6ccccc6c5c4)c3)c2)c2ccc3sc4ccccc4c3c2)cc1. The third-order valence-corrected chi connectivity index (χ3v) is 13.9. The number of anilines is 3. The van der Waals surface area contributed by atoms with E-state index in [-0.39, 0.29) is 0 Å². The number of rotatable bonds is 6. The van der Waals surface area contributed by atoms with E-state index in [2.05, 4.69) is 216 Å². The topological polar surface area (TPSA) is 8.17 Å². The van der Waals surface area contributed by atoms with Crippen molar-refractivity contribution in [3.05, 3.63) is 206 Å². The molecule has 58 heavy (non-hydrogen) atoms. The van der Waals surface area contributed by atoms with Gasteiger partial charge in [-0.25, -0.2) is 0 Å². The third-order valence-electron chi connectivity index (χ3n) is 11.6. The first-order valence-corrected chi connectivity index (χ1v) is 21.3. The molecule has 0 bridgehead atoms. The van der Waals surface area contributed by atoms with Crippen LogP contribution >= 0.6 is 22.7 Å². The summed E-state index contributed by atoms with van der Waals surface area (Å²) in [7, 11) is 0. The summed E-state index contributed by atoms with van der Waals surface area (Å²) in [5.74, 6) is 0. The van der Waals surface area contributed by atoms with Gasteiger partial charge in [-0.3, -0.25) is 0 Å². The number of fused-ring (bicyclic) bond motifs is 9. The zero-order valence-corrected chi connectivity index (χ0v) is 33.0. The van der Waals surface area contributed by atoms with Crippen LogP contribution in [-0.2, 0) is 0 Å². The second-order valence-corrected chi connectivity index (χ2v) is 17.1. The van der Waals surface area contributed by atoms with Crippen LogP contribution in [-0.4, -0.2) is 4.57 Å². The summed E-state index contributed by atoms with van der Waals surface area (Å²) in [5.41, 5.74) is 11.8. The first kappa shape index (κ1) is 33.2. The minimum atomic E-state index is 1.12. The minimum absolute atomic E-state index is 1.12. The molecule has 0 saturated heterocycles. The summed E-state index contributed by atoms with van der Waals surface area (Å²) in [6.07, 6.45) is 0. The van der Waals surface area contributed by atoms with E-state index in [1.807, 2.05) is 22.7 Å². The van der Waals surface area contributed by atoms with Gasteiger partial charge in [0.15, 0.2) is 0 Å². The Hall–Kier alpha value is -6.98. The molecule has 0 atom stereocenters. The number of nitrogens with zero attached hydrogens (tertiary/aromatic N) is 2. The summed E-state index contributed by atoms with van der Waals surface area (Å²) in [6.45, 7) is 0. The second-order valence-electron chi connectivity index (χ2n) is 14.9. The van der Waals surface area contributed by atoms with E-state index in [4.69, 9.17) is 0 Å². The van der Waals surface area contributed by atoms with Crippen molar-refractivity contribution in [3.8, 4) is 27.9 Å². The van der Waals surface area contributed by atoms with Crippen LogP contribution in [0.4, 0.5) is 17.1 Å². The van der Waals surface area contributed by atoms with E-state index in [9.17, 15) is 0 Å². The Kier molecular flexibility index (Phi) is 7.62. The van der Waals surface area contributed by atoms with Crippen molar-refractivity contribution in [1.82, 2.24) is 4.57 Å². The van der Waals surface area contributed by atoms with Gasteiger partial charge in [0.2, 0.25) is 0 Å². The van der Waals surface area contributed by atoms with Crippen LogP contribution in [0, 0.1) is 0 Å². The minimum Gasteiger partial charge on any atom is -0.310 e. The number of aromatic nitrogens is 1. The predicted octanol–water partition coefficient (Wildman–Crippen LogP) is 16.3. The van der Waals surface area contributed by atoms with Crippen molar-refractivity contribution in [2.24, 2.45) is 0 Å². The van der Waals surface area contributed by atoms with Gasteiger partial charge >= 0.3 is 0 Å². The number of hydrogen-bond donors (Lipinski definition) is 0. The lowest BCUT2D eigenvalue weighted by Crippen LogP contribution is -2.09. The normalized spacial score (nSPS) is 11.8. The van der Waals surface area contributed by atoms with Gasteiger partial charge in [-0.2, -0.15) is 0 Å². The van der Waals surface area contributed by atoms with Gasteiger partial charge in [0, 0.05) is 73.9 Å². The van der Waals surface area contributed by atoms with Crippen LogP contribution in [0.5, 0.6) is 0 Å². The van der Waals surface area contributed by atoms with Crippen LogP contribution in [0.15, 0.2) is 206 Å². The molecule has 12 rings (SSSR count). The van der Waals surface area contributed by atoms with Crippen LogP contribution < -0.4 is 4.90 Å². The van der Waals surface area contributed by atoms with E-state index in [0.29, 0.717) is 0 Å². The van der Waals surface area contributed by atoms with E-state index in [0.717, 1.165) is 17.1 Å². The van der Waals surface area contributed by atoms with Crippen molar-refractivity contribution < 1.29 is 0 Å².